The second kappa shape index (κ2) is 7.94. The summed E-state index contributed by atoms with van der Waals surface area (Å²) in [6.45, 7) is 6.84. The molecule has 1 fully saturated rings. The van der Waals surface area contributed by atoms with Crippen molar-refractivity contribution in [3.05, 3.63) is 76.2 Å². The van der Waals surface area contributed by atoms with Crippen LogP contribution in [0.3, 0.4) is 0 Å². The van der Waals surface area contributed by atoms with Crippen molar-refractivity contribution in [1.82, 2.24) is 14.5 Å². The van der Waals surface area contributed by atoms with Crippen LogP contribution in [0.5, 0.6) is 0 Å². The molecule has 0 atom stereocenters. The molecule has 0 saturated carbocycles. The first-order valence-electron chi connectivity index (χ1n) is 9.82. The summed E-state index contributed by atoms with van der Waals surface area (Å²) in [5, 5.41) is 0.805. The third kappa shape index (κ3) is 3.55. The van der Waals surface area contributed by atoms with Gasteiger partial charge in [-0.05, 0) is 30.7 Å². The topological polar surface area (TPSA) is 59.6 Å². The SMILES string of the molecule is CC[NH+]1CCN(C(=O)c2cc3cccnc3n(Cc3ccccc3)c2=O)CC1. The van der Waals surface area contributed by atoms with E-state index < -0.39 is 0 Å². The van der Waals surface area contributed by atoms with Gasteiger partial charge in [-0.1, -0.05) is 30.3 Å². The minimum atomic E-state index is -0.273. The lowest BCUT2D eigenvalue weighted by atomic mass is 10.1. The minimum Gasteiger partial charge on any atom is -0.332 e. The fraction of sp³-hybridized carbons (Fsp3) is 0.318. The number of fused-ring (bicyclic) bond motifs is 1. The molecule has 1 N–H and O–H groups in total. The van der Waals surface area contributed by atoms with Crippen molar-refractivity contribution >= 4 is 16.9 Å². The van der Waals surface area contributed by atoms with Crippen molar-refractivity contribution in [1.29, 1.82) is 0 Å². The van der Waals surface area contributed by atoms with Crippen LogP contribution in [0.15, 0.2) is 59.5 Å². The molecule has 1 amide bonds. The summed E-state index contributed by atoms with van der Waals surface area (Å²) >= 11 is 0. The predicted molar refractivity (Wildman–Crippen MR) is 109 cm³/mol. The number of pyridine rings is 2. The Hall–Kier alpha value is -2.99. The molecule has 1 aliphatic heterocycles. The standard InChI is InChI=1S/C22H24N4O2/c1-2-24-11-13-25(14-12-24)21(27)19-15-18-9-6-10-23-20(18)26(22(19)28)16-17-7-4-3-5-8-17/h3-10,15H,2,11-14,16H2,1H3/p+1. The van der Waals surface area contributed by atoms with Crippen LogP contribution in [0, 0.1) is 0 Å². The Morgan fingerprint density at radius 2 is 1.86 bits per heavy atom. The van der Waals surface area contributed by atoms with E-state index in [1.165, 1.54) is 4.90 Å². The van der Waals surface area contributed by atoms with E-state index >= 15 is 0 Å². The number of hydrogen-bond acceptors (Lipinski definition) is 3. The number of quaternary nitrogens is 1. The molecule has 3 heterocycles. The van der Waals surface area contributed by atoms with Gasteiger partial charge in [0.1, 0.15) is 11.2 Å². The van der Waals surface area contributed by atoms with Crippen molar-refractivity contribution in [3.8, 4) is 0 Å². The number of aromatic nitrogens is 2. The molecule has 0 unspecified atom stereocenters. The number of amides is 1. The summed E-state index contributed by atoms with van der Waals surface area (Å²) in [5.41, 5.74) is 1.57. The molecule has 0 radical (unpaired) electrons. The summed E-state index contributed by atoms with van der Waals surface area (Å²) in [4.78, 5) is 34.1. The predicted octanol–water partition coefficient (Wildman–Crippen LogP) is 0.805. The highest BCUT2D eigenvalue weighted by Crippen LogP contribution is 2.14. The number of benzene rings is 1. The molecule has 0 bridgehead atoms. The van der Waals surface area contributed by atoms with Gasteiger partial charge < -0.3 is 9.80 Å². The number of likely N-dealkylation sites (N-methyl/N-ethyl adjacent to an activating group) is 1. The molecule has 4 rings (SSSR count). The molecular formula is C22H25N4O2+. The Kier molecular flexibility index (Phi) is 5.21. The van der Waals surface area contributed by atoms with Gasteiger partial charge in [0.25, 0.3) is 11.5 Å². The third-order valence-electron chi connectivity index (χ3n) is 5.52. The quantitative estimate of drug-likeness (QED) is 0.732. The lowest BCUT2D eigenvalue weighted by Crippen LogP contribution is -3.14. The number of carbonyl (C=O) groups excluding carboxylic acids is 1. The van der Waals surface area contributed by atoms with Gasteiger partial charge in [0, 0.05) is 11.6 Å². The second-order valence-electron chi connectivity index (χ2n) is 7.25. The lowest BCUT2D eigenvalue weighted by Gasteiger charge is -2.31. The molecule has 1 aliphatic rings. The molecule has 2 aromatic heterocycles. The van der Waals surface area contributed by atoms with Crippen LogP contribution < -0.4 is 10.5 Å². The van der Waals surface area contributed by atoms with Crippen LogP contribution in [0.1, 0.15) is 22.8 Å². The molecule has 1 saturated heterocycles. The van der Waals surface area contributed by atoms with Gasteiger partial charge in [0.05, 0.1) is 39.3 Å². The first-order chi connectivity index (χ1) is 13.7. The van der Waals surface area contributed by atoms with Gasteiger partial charge in [0.15, 0.2) is 0 Å². The maximum absolute atomic E-state index is 13.3. The number of hydrogen-bond donors (Lipinski definition) is 1. The van der Waals surface area contributed by atoms with Gasteiger partial charge >= 0.3 is 0 Å². The molecule has 0 spiro atoms. The van der Waals surface area contributed by atoms with E-state index in [2.05, 4.69) is 11.9 Å². The molecule has 28 heavy (non-hydrogen) atoms. The monoisotopic (exact) mass is 377 g/mol. The van der Waals surface area contributed by atoms with Crippen molar-refractivity contribution in [2.75, 3.05) is 32.7 Å². The van der Waals surface area contributed by atoms with Crippen LogP contribution >= 0.6 is 0 Å². The number of piperazine rings is 1. The lowest BCUT2D eigenvalue weighted by molar-refractivity contribution is -0.902. The molecule has 6 heteroatoms. The van der Waals surface area contributed by atoms with Gasteiger partial charge in [-0.15, -0.1) is 0 Å². The number of rotatable bonds is 4. The van der Waals surface area contributed by atoms with Crippen LogP contribution in [0.25, 0.3) is 11.0 Å². The molecule has 0 aliphatic carbocycles. The third-order valence-corrected chi connectivity index (χ3v) is 5.52. The summed E-state index contributed by atoms with van der Waals surface area (Å²) in [5.74, 6) is -0.173. The fourth-order valence-electron chi connectivity index (χ4n) is 3.82. The highest BCUT2D eigenvalue weighted by atomic mass is 16.2. The minimum absolute atomic E-state index is 0.173. The highest BCUT2D eigenvalue weighted by molar-refractivity contribution is 5.97. The Balaban J connectivity index is 1.74. The van der Waals surface area contributed by atoms with Crippen molar-refractivity contribution in [3.63, 3.8) is 0 Å². The first-order valence-corrected chi connectivity index (χ1v) is 9.82. The second-order valence-corrected chi connectivity index (χ2v) is 7.25. The molecule has 144 valence electrons. The van der Waals surface area contributed by atoms with E-state index in [0.29, 0.717) is 25.3 Å². The Bertz CT molecular complexity index is 1040. The first kappa shape index (κ1) is 18.4. The molecular weight excluding hydrogens is 352 g/mol. The zero-order chi connectivity index (χ0) is 19.5. The number of nitrogens with zero attached hydrogens (tertiary/aromatic N) is 3. The molecule has 3 aromatic rings. The van der Waals surface area contributed by atoms with Crippen LogP contribution in [0.4, 0.5) is 0 Å². The van der Waals surface area contributed by atoms with Crippen LogP contribution in [-0.4, -0.2) is 53.1 Å². The number of nitrogens with one attached hydrogen (secondary N) is 1. The van der Waals surface area contributed by atoms with Crippen molar-refractivity contribution < 1.29 is 9.69 Å². The van der Waals surface area contributed by atoms with E-state index in [0.717, 1.165) is 30.6 Å². The Morgan fingerprint density at radius 1 is 1.11 bits per heavy atom. The van der Waals surface area contributed by atoms with Crippen molar-refractivity contribution in [2.24, 2.45) is 0 Å². The molecule has 6 nitrogen and oxygen atoms in total. The van der Waals surface area contributed by atoms with Crippen LogP contribution in [-0.2, 0) is 6.54 Å². The zero-order valence-corrected chi connectivity index (χ0v) is 16.1. The summed E-state index contributed by atoms with van der Waals surface area (Å²) in [6.07, 6.45) is 1.68. The zero-order valence-electron chi connectivity index (χ0n) is 16.1. The van der Waals surface area contributed by atoms with Gasteiger partial charge in [-0.25, -0.2) is 4.98 Å². The average Bonchev–Trinajstić information content (AvgIpc) is 2.76. The van der Waals surface area contributed by atoms with E-state index in [1.807, 2.05) is 47.4 Å². The van der Waals surface area contributed by atoms with E-state index in [1.54, 1.807) is 16.8 Å². The van der Waals surface area contributed by atoms with Gasteiger partial charge in [0.2, 0.25) is 0 Å². The van der Waals surface area contributed by atoms with E-state index in [9.17, 15) is 9.59 Å². The largest absolute Gasteiger partial charge is 0.332 e. The Morgan fingerprint density at radius 3 is 2.57 bits per heavy atom. The summed E-state index contributed by atoms with van der Waals surface area (Å²) < 4.78 is 1.62. The molecule has 1 aromatic carbocycles. The van der Waals surface area contributed by atoms with E-state index in [4.69, 9.17) is 0 Å². The maximum Gasteiger partial charge on any atom is 0.265 e. The van der Waals surface area contributed by atoms with E-state index in [-0.39, 0.29) is 17.0 Å². The van der Waals surface area contributed by atoms with Crippen molar-refractivity contribution in [2.45, 2.75) is 13.5 Å². The Labute approximate surface area is 164 Å². The normalized spacial score (nSPS) is 15.1. The van der Waals surface area contributed by atoms with Gasteiger partial charge in [-0.3, -0.25) is 14.2 Å². The number of carbonyl (C=O) groups is 1. The average molecular weight is 377 g/mol. The highest BCUT2D eigenvalue weighted by Gasteiger charge is 2.26. The summed E-state index contributed by atoms with van der Waals surface area (Å²) in [6, 6.07) is 15.2. The van der Waals surface area contributed by atoms with Crippen LogP contribution in [0.2, 0.25) is 0 Å². The maximum atomic E-state index is 13.3. The van der Waals surface area contributed by atoms with Gasteiger partial charge in [-0.2, -0.15) is 0 Å². The fourth-order valence-corrected chi connectivity index (χ4v) is 3.82. The smallest absolute Gasteiger partial charge is 0.265 e. The summed E-state index contributed by atoms with van der Waals surface area (Å²) in [7, 11) is 0.